The first-order valence-corrected chi connectivity index (χ1v) is 7.57. The molecule has 1 aliphatic carbocycles. The third-order valence-electron chi connectivity index (χ3n) is 3.16. The molecular formula is C12H13N3OS2. The normalized spacial score (nSPS) is 15.8. The molecule has 1 amide bonds. The lowest BCUT2D eigenvalue weighted by molar-refractivity contribution is -0.117. The molecule has 94 valence electrons. The number of aryl methyl sites for hydroxylation is 2. The molecule has 3 rings (SSSR count). The number of primary amides is 1. The Hall–Kier alpha value is -1.14. The van der Waals surface area contributed by atoms with Gasteiger partial charge < -0.3 is 5.73 Å². The van der Waals surface area contributed by atoms with Crippen LogP contribution in [0.15, 0.2) is 11.4 Å². The molecule has 0 fully saturated rings. The Morgan fingerprint density at radius 2 is 2.33 bits per heavy atom. The average molecular weight is 279 g/mol. The third-order valence-corrected chi connectivity index (χ3v) is 5.47. The maximum Gasteiger partial charge on any atom is 0.230 e. The fraction of sp³-hybridized carbons (Fsp3) is 0.417. The van der Waals surface area contributed by atoms with E-state index in [-0.39, 0.29) is 11.2 Å². The van der Waals surface area contributed by atoms with Crippen LogP contribution in [0.3, 0.4) is 0 Å². The van der Waals surface area contributed by atoms with Crippen LogP contribution in [0, 0.1) is 0 Å². The summed E-state index contributed by atoms with van der Waals surface area (Å²) in [6.45, 7) is 1.81. The van der Waals surface area contributed by atoms with Crippen LogP contribution in [0.2, 0.25) is 0 Å². The summed E-state index contributed by atoms with van der Waals surface area (Å²) in [5.41, 5.74) is 6.70. The number of carbonyl (C=O) groups excluding carboxylic acids is 1. The Bertz CT molecular complexity index is 623. The van der Waals surface area contributed by atoms with Gasteiger partial charge >= 0.3 is 0 Å². The van der Waals surface area contributed by atoms with Gasteiger partial charge in [-0.15, -0.1) is 11.3 Å². The summed E-state index contributed by atoms with van der Waals surface area (Å²) in [5, 5.41) is 1.78. The van der Waals surface area contributed by atoms with Gasteiger partial charge in [-0.1, -0.05) is 11.8 Å². The topological polar surface area (TPSA) is 68.9 Å². The van der Waals surface area contributed by atoms with Gasteiger partial charge in [0.15, 0.2) is 0 Å². The molecular weight excluding hydrogens is 266 g/mol. The van der Waals surface area contributed by atoms with Crippen molar-refractivity contribution in [2.75, 3.05) is 0 Å². The minimum atomic E-state index is -0.307. The van der Waals surface area contributed by atoms with Gasteiger partial charge in [0.2, 0.25) is 5.91 Å². The summed E-state index contributed by atoms with van der Waals surface area (Å²) in [6, 6.07) is 0. The molecule has 2 N–H and O–H groups in total. The van der Waals surface area contributed by atoms with Crippen LogP contribution in [0.5, 0.6) is 0 Å². The number of hydrogen-bond acceptors (Lipinski definition) is 5. The van der Waals surface area contributed by atoms with E-state index < -0.39 is 0 Å². The van der Waals surface area contributed by atoms with Crippen molar-refractivity contribution < 1.29 is 4.79 Å². The van der Waals surface area contributed by atoms with Crippen molar-refractivity contribution in [1.82, 2.24) is 9.97 Å². The summed E-state index contributed by atoms with van der Waals surface area (Å²) >= 11 is 3.19. The zero-order valence-corrected chi connectivity index (χ0v) is 11.6. The number of nitrogens with zero attached hydrogens (tertiary/aromatic N) is 2. The number of amides is 1. The quantitative estimate of drug-likeness (QED) is 0.690. The van der Waals surface area contributed by atoms with E-state index in [0.717, 1.165) is 28.1 Å². The molecule has 2 aromatic rings. The van der Waals surface area contributed by atoms with E-state index in [1.54, 1.807) is 17.7 Å². The molecule has 0 spiro atoms. The van der Waals surface area contributed by atoms with Gasteiger partial charge in [-0.3, -0.25) is 4.79 Å². The van der Waals surface area contributed by atoms with Crippen LogP contribution in [-0.2, 0) is 17.6 Å². The fourth-order valence-corrected chi connectivity index (χ4v) is 4.40. The second-order valence-corrected chi connectivity index (χ2v) is 6.79. The summed E-state index contributed by atoms with van der Waals surface area (Å²) in [4.78, 5) is 22.3. The van der Waals surface area contributed by atoms with Crippen LogP contribution < -0.4 is 5.73 Å². The summed E-state index contributed by atoms with van der Waals surface area (Å²) < 4.78 is 0. The predicted molar refractivity (Wildman–Crippen MR) is 74.0 cm³/mol. The van der Waals surface area contributed by atoms with E-state index in [1.807, 2.05) is 6.92 Å². The summed E-state index contributed by atoms with van der Waals surface area (Å²) in [6.07, 6.45) is 5.03. The van der Waals surface area contributed by atoms with E-state index in [4.69, 9.17) is 5.73 Å². The van der Waals surface area contributed by atoms with Gasteiger partial charge in [0.25, 0.3) is 0 Å². The molecule has 1 aliphatic rings. The second kappa shape index (κ2) is 4.51. The molecule has 2 aromatic heterocycles. The highest BCUT2D eigenvalue weighted by Gasteiger charge is 2.22. The van der Waals surface area contributed by atoms with Crippen molar-refractivity contribution in [2.24, 2.45) is 5.73 Å². The average Bonchev–Trinajstić information content (AvgIpc) is 2.88. The van der Waals surface area contributed by atoms with Crippen molar-refractivity contribution in [3.05, 3.63) is 16.8 Å². The van der Waals surface area contributed by atoms with Crippen molar-refractivity contribution in [1.29, 1.82) is 0 Å². The first-order chi connectivity index (χ1) is 8.66. The van der Waals surface area contributed by atoms with Crippen LogP contribution in [-0.4, -0.2) is 21.1 Å². The number of carbonyl (C=O) groups is 1. The smallest absolute Gasteiger partial charge is 0.230 e. The lowest BCUT2D eigenvalue weighted by atomic mass is 10.2. The summed E-state index contributed by atoms with van der Waals surface area (Å²) in [7, 11) is 0. The Labute approximate surface area is 113 Å². The SMILES string of the molecule is CC(Sc1ncnc2sc3c(c12)CCC3)C(N)=O. The third kappa shape index (κ3) is 1.89. The van der Waals surface area contributed by atoms with Gasteiger partial charge in [0, 0.05) is 10.3 Å². The molecule has 0 aromatic carbocycles. The molecule has 0 saturated carbocycles. The van der Waals surface area contributed by atoms with E-state index in [2.05, 4.69) is 9.97 Å². The highest BCUT2D eigenvalue weighted by Crippen LogP contribution is 2.40. The molecule has 0 aliphatic heterocycles. The second-order valence-electron chi connectivity index (χ2n) is 4.38. The van der Waals surface area contributed by atoms with Gasteiger partial charge in [0.05, 0.1) is 5.25 Å². The molecule has 0 radical (unpaired) electrons. The molecule has 0 bridgehead atoms. The maximum atomic E-state index is 11.2. The Morgan fingerprint density at radius 3 is 3.11 bits per heavy atom. The Morgan fingerprint density at radius 1 is 1.50 bits per heavy atom. The number of thioether (sulfide) groups is 1. The first kappa shape index (κ1) is 11.9. The largest absolute Gasteiger partial charge is 0.369 e. The number of nitrogens with two attached hydrogens (primary N) is 1. The van der Waals surface area contributed by atoms with Gasteiger partial charge in [-0.2, -0.15) is 0 Å². The predicted octanol–water partition coefficient (Wildman–Crippen LogP) is 2.15. The monoisotopic (exact) mass is 279 g/mol. The first-order valence-electron chi connectivity index (χ1n) is 5.88. The van der Waals surface area contributed by atoms with Crippen molar-refractivity contribution >= 4 is 39.2 Å². The zero-order valence-electron chi connectivity index (χ0n) is 9.97. The zero-order chi connectivity index (χ0) is 12.7. The minimum Gasteiger partial charge on any atom is -0.369 e. The van der Waals surface area contributed by atoms with E-state index >= 15 is 0 Å². The van der Waals surface area contributed by atoms with Gasteiger partial charge in [-0.05, 0) is 31.7 Å². The van der Waals surface area contributed by atoms with E-state index in [9.17, 15) is 4.79 Å². The number of fused-ring (bicyclic) bond motifs is 3. The standard InChI is InChI=1S/C12H13N3OS2/c1-6(10(13)16)17-11-9-7-3-2-4-8(7)18-12(9)15-5-14-11/h5-6H,2-4H2,1H3,(H2,13,16). The fourth-order valence-electron chi connectivity index (χ4n) is 2.21. The van der Waals surface area contributed by atoms with Crippen LogP contribution in [0.25, 0.3) is 10.2 Å². The van der Waals surface area contributed by atoms with Crippen molar-refractivity contribution in [3.63, 3.8) is 0 Å². The lowest BCUT2D eigenvalue weighted by Gasteiger charge is -2.07. The Kier molecular flexibility index (Phi) is 2.99. The molecule has 6 heteroatoms. The van der Waals surface area contributed by atoms with Crippen LogP contribution >= 0.6 is 23.1 Å². The molecule has 1 atom stereocenters. The summed E-state index contributed by atoms with van der Waals surface area (Å²) in [5.74, 6) is -0.307. The molecule has 0 saturated heterocycles. The lowest BCUT2D eigenvalue weighted by Crippen LogP contribution is -2.22. The Balaban J connectivity index is 2.09. The maximum absolute atomic E-state index is 11.2. The van der Waals surface area contributed by atoms with Gasteiger partial charge in [0.1, 0.15) is 16.2 Å². The molecule has 1 unspecified atom stereocenters. The van der Waals surface area contributed by atoms with E-state index in [1.165, 1.54) is 28.6 Å². The molecule has 4 nitrogen and oxygen atoms in total. The number of aromatic nitrogens is 2. The van der Waals surface area contributed by atoms with Crippen molar-refractivity contribution in [3.8, 4) is 0 Å². The van der Waals surface area contributed by atoms with Crippen LogP contribution in [0.1, 0.15) is 23.8 Å². The number of rotatable bonds is 3. The van der Waals surface area contributed by atoms with Crippen LogP contribution in [0.4, 0.5) is 0 Å². The molecule has 2 heterocycles. The van der Waals surface area contributed by atoms with Crippen molar-refractivity contribution in [2.45, 2.75) is 36.5 Å². The highest BCUT2D eigenvalue weighted by molar-refractivity contribution is 8.00. The minimum absolute atomic E-state index is 0.264. The van der Waals surface area contributed by atoms with Gasteiger partial charge in [-0.25, -0.2) is 9.97 Å². The number of hydrogen-bond donors (Lipinski definition) is 1. The number of thiophene rings is 1. The van der Waals surface area contributed by atoms with E-state index in [0.29, 0.717) is 0 Å². The highest BCUT2D eigenvalue weighted by atomic mass is 32.2. The molecule has 18 heavy (non-hydrogen) atoms.